The number of hydrogen-bond acceptors (Lipinski definition) is 3. The molecule has 0 aliphatic carbocycles. The molecule has 120 valence electrons. The quantitative estimate of drug-likeness (QED) is 0.742. The lowest BCUT2D eigenvalue weighted by Crippen LogP contribution is -2.30. The van der Waals surface area contributed by atoms with Crippen LogP contribution in [0.15, 0.2) is 41.6 Å². The Kier molecular flexibility index (Phi) is 3.67. The number of fused-ring (bicyclic) bond motifs is 1. The summed E-state index contributed by atoms with van der Waals surface area (Å²) in [5, 5.41) is 3.99. The second kappa shape index (κ2) is 5.53. The van der Waals surface area contributed by atoms with Crippen LogP contribution in [0.1, 0.15) is 12.5 Å². The molecule has 23 heavy (non-hydrogen) atoms. The third-order valence-corrected chi connectivity index (χ3v) is 3.55. The molecule has 0 bridgehead atoms. The molecule has 0 aliphatic rings. The molecule has 3 aromatic rings. The van der Waals surface area contributed by atoms with E-state index in [0.29, 0.717) is 12.1 Å². The average Bonchev–Trinajstić information content (AvgIpc) is 2.94. The van der Waals surface area contributed by atoms with Crippen LogP contribution >= 0.6 is 0 Å². The van der Waals surface area contributed by atoms with Crippen molar-refractivity contribution in [2.24, 2.45) is 0 Å². The predicted octanol–water partition coefficient (Wildman–Crippen LogP) is 2.54. The fourth-order valence-corrected chi connectivity index (χ4v) is 2.36. The van der Waals surface area contributed by atoms with E-state index < -0.39 is 23.8 Å². The standard InChI is InChI=1S/C15H13F3N4O/c1-2-22-13-12(7-20-22)19-9-21(14(13)23)8-15(17,18)10-3-5-11(16)6-4-10/h3-7,9H,2,8H2,1H3. The highest BCUT2D eigenvalue weighted by molar-refractivity contribution is 5.72. The molecule has 2 aromatic heterocycles. The second-order valence-corrected chi connectivity index (χ2v) is 5.08. The highest BCUT2D eigenvalue weighted by Crippen LogP contribution is 2.29. The first-order valence-corrected chi connectivity index (χ1v) is 6.97. The molecule has 0 saturated heterocycles. The fraction of sp³-hybridized carbons (Fsp3) is 0.267. The van der Waals surface area contributed by atoms with Gasteiger partial charge < -0.3 is 0 Å². The van der Waals surface area contributed by atoms with Gasteiger partial charge in [-0.1, -0.05) is 12.1 Å². The van der Waals surface area contributed by atoms with Crippen LogP contribution in [0.4, 0.5) is 13.2 Å². The zero-order valence-corrected chi connectivity index (χ0v) is 12.2. The van der Waals surface area contributed by atoms with E-state index >= 15 is 0 Å². The molecule has 3 rings (SSSR count). The van der Waals surface area contributed by atoms with Crippen molar-refractivity contribution in [3.8, 4) is 0 Å². The van der Waals surface area contributed by atoms with Gasteiger partial charge in [0.1, 0.15) is 11.3 Å². The Morgan fingerprint density at radius 1 is 1.22 bits per heavy atom. The van der Waals surface area contributed by atoms with Crippen LogP contribution < -0.4 is 5.56 Å². The van der Waals surface area contributed by atoms with Crippen LogP contribution in [0.3, 0.4) is 0 Å². The largest absolute Gasteiger partial charge is 0.291 e. The van der Waals surface area contributed by atoms with Gasteiger partial charge >= 0.3 is 0 Å². The Morgan fingerprint density at radius 2 is 1.91 bits per heavy atom. The molecule has 0 amide bonds. The van der Waals surface area contributed by atoms with Gasteiger partial charge in [0.2, 0.25) is 0 Å². The summed E-state index contributed by atoms with van der Waals surface area (Å²) in [4.78, 5) is 16.4. The van der Waals surface area contributed by atoms with Crippen molar-refractivity contribution in [3.05, 3.63) is 58.5 Å². The third-order valence-electron chi connectivity index (χ3n) is 3.55. The van der Waals surface area contributed by atoms with Gasteiger partial charge in [-0.25, -0.2) is 9.37 Å². The summed E-state index contributed by atoms with van der Waals surface area (Å²) in [6.07, 6.45) is 2.49. The van der Waals surface area contributed by atoms with Crippen molar-refractivity contribution < 1.29 is 13.2 Å². The molecule has 0 aliphatic heterocycles. The lowest BCUT2D eigenvalue weighted by molar-refractivity contribution is -0.0233. The van der Waals surface area contributed by atoms with E-state index in [1.165, 1.54) is 10.9 Å². The Bertz CT molecular complexity index is 899. The van der Waals surface area contributed by atoms with E-state index in [4.69, 9.17) is 0 Å². The summed E-state index contributed by atoms with van der Waals surface area (Å²) < 4.78 is 43.8. The molecule has 0 N–H and O–H groups in total. The molecule has 0 radical (unpaired) electrons. The molecule has 0 atom stereocenters. The zero-order chi connectivity index (χ0) is 16.6. The maximum absolute atomic E-state index is 14.3. The zero-order valence-electron chi connectivity index (χ0n) is 12.2. The summed E-state index contributed by atoms with van der Waals surface area (Å²) >= 11 is 0. The highest BCUT2D eigenvalue weighted by atomic mass is 19.3. The van der Waals surface area contributed by atoms with Crippen molar-refractivity contribution in [1.82, 2.24) is 19.3 Å². The SMILES string of the molecule is CCn1ncc2ncn(CC(F)(F)c3ccc(F)cc3)c(=O)c21. The first-order chi connectivity index (χ1) is 10.9. The summed E-state index contributed by atoms with van der Waals surface area (Å²) in [5.41, 5.74) is -0.408. The van der Waals surface area contributed by atoms with Gasteiger partial charge in [0.15, 0.2) is 5.52 Å². The van der Waals surface area contributed by atoms with Gasteiger partial charge in [-0.05, 0) is 19.1 Å². The molecule has 8 heteroatoms. The molecule has 0 saturated carbocycles. The van der Waals surface area contributed by atoms with Crippen molar-refractivity contribution in [2.45, 2.75) is 25.9 Å². The third kappa shape index (κ3) is 2.71. The number of alkyl halides is 2. The lowest BCUT2D eigenvalue weighted by atomic mass is 10.1. The molecule has 5 nitrogen and oxygen atoms in total. The van der Waals surface area contributed by atoms with Crippen LogP contribution in [0, 0.1) is 5.82 Å². The normalized spacial score (nSPS) is 12.0. The monoisotopic (exact) mass is 322 g/mol. The Morgan fingerprint density at radius 3 is 2.57 bits per heavy atom. The van der Waals surface area contributed by atoms with Crippen LogP contribution in [0.5, 0.6) is 0 Å². The second-order valence-electron chi connectivity index (χ2n) is 5.08. The van der Waals surface area contributed by atoms with Crippen LogP contribution in [-0.2, 0) is 19.0 Å². The van der Waals surface area contributed by atoms with Crippen LogP contribution in [-0.4, -0.2) is 19.3 Å². The minimum absolute atomic E-state index is 0.185. The van der Waals surface area contributed by atoms with Gasteiger partial charge in [0, 0.05) is 12.1 Å². The molecule has 0 unspecified atom stereocenters. The fourth-order valence-electron chi connectivity index (χ4n) is 2.36. The summed E-state index contributed by atoms with van der Waals surface area (Å²) in [6, 6.07) is 3.92. The van der Waals surface area contributed by atoms with E-state index in [0.717, 1.165) is 35.2 Å². The van der Waals surface area contributed by atoms with Crippen molar-refractivity contribution in [2.75, 3.05) is 0 Å². The van der Waals surface area contributed by atoms with Gasteiger partial charge in [-0.2, -0.15) is 13.9 Å². The Balaban J connectivity index is 2.02. The maximum Gasteiger partial charge on any atom is 0.290 e. The average molecular weight is 322 g/mol. The number of hydrogen-bond donors (Lipinski definition) is 0. The number of halogens is 3. The van der Waals surface area contributed by atoms with E-state index in [9.17, 15) is 18.0 Å². The molecule has 1 aromatic carbocycles. The van der Waals surface area contributed by atoms with Crippen LogP contribution in [0.25, 0.3) is 11.0 Å². The molecule has 0 fully saturated rings. The van der Waals surface area contributed by atoms with Gasteiger partial charge in [-0.3, -0.25) is 14.0 Å². The Labute approximate surface area is 129 Å². The highest BCUT2D eigenvalue weighted by Gasteiger charge is 2.33. The van der Waals surface area contributed by atoms with E-state index in [-0.39, 0.29) is 11.1 Å². The van der Waals surface area contributed by atoms with Gasteiger partial charge in [0.25, 0.3) is 11.5 Å². The molecule has 2 heterocycles. The first kappa shape index (κ1) is 15.3. The smallest absolute Gasteiger partial charge is 0.290 e. The first-order valence-electron chi connectivity index (χ1n) is 6.97. The van der Waals surface area contributed by atoms with Gasteiger partial charge in [0.05, 0.1) is 19.1 Å². The number of rotatable bonds is 4. The molecular formula is C15H13F3N4O. The lowest BCUT2D eigenvalue weighted by Gasteiger charge is -2.18. The summed E-state index contributed by atoms with van der Waals surface area (Å²) in [5.74, 6) is -3.93. The molecular weight excluding hydrogens is 309 g/mol. The topological polar surface area (TPSA) is 52.7 Å². The van der Waals surface area contributed by atoms with Gasteiger partial charge in [-0.15, -0.1) is 0 Å². The molecule has 0 spiro atoms. The van der Waals surface area contributed by atoms with E-state index in [1.54, 1.807) is 6.92 Å². The number of benzene rings is 1. The van der Waals surface area contributed by atoms with E-state index in [2.05, 4.69) is 10.1 Å². The predicted molar refractivity (Wildman–Crippen MR) is 77.8 cm³/mol. The minimum Gasteiger partial charge on any atom is -0.291 e. The number of aryl methyl sites for hydroxylation is 1. The van der Waals surface area contributed by atoms with Crippen molar-refractivity contribution >= 4 is 11.0 Å². The summed E-state index contributed by atoms with van der Waals surface area (Å²) in [6.45, 7) is 1.34. The summed E-state index contributed by atoms with van der Waals surface area (Å²) in [7, 11) is 0. The van der Waals surface area contributed by atoms with Crippen LogP contribution in [0.2, 0.25) is 0 Å². The minimum atomic E-state index is -3.33. The van der Waals surface area contributed by atoms with E-state index in [1.807, 2.05) is 0 Å². The van der Waals surface area contributed by atoms with Crippen molar-refractivity contribution in [1.29, 1.82) is 0 Å². The number of nitrogens with zero attached hydrogens (tertiary/aromatic N) is 4. The Hall–Kier alpha value is -2.64. The maximum atomic E-state index is 14.3. The number of aromatic nitrogens is 4. The van der Waals surface area contributed by atoms with Crippen molar-refractivity contribution in [3.63, 3.8) is 0 Å².